The van der Waals surface area contributed by atoms with E-state index in [1.54, 1.807) is 29.1 Å². The van der Waals surface area contributed by atoms with Gasteiger partial charge in [0.05, 0.1) is 17.0 Å². The molecule has 2 aliphatic rings. The van der Waals surface area contributed by atoms with Crippen LogP contribution in [0.5, 0.6) is 0 Å². The fourth-order valence-electron chi connectivity index (χ4n) is 4.18. The summed E-state index contributed by atoms with van der Waals surface area (Å²) in [4.78, 5) is 26.5. The Bertz CT molecular complexity index is 1130. The maximum absolute atomic E-state index is 12.9. The summed E-state index contributed by atoms with van der Waals surface area (Å²) < 4.78 is 0. The average Bonchev–Trinajstić information content (AvgIpc) is 3.34. The maximum atomic E-state index is 12.9. The minimum absolute atomic E-state index is 0.156. The van der Waals surface area contributed by atoms with Crippen LogP contribution in [0.25, 0.3) is 10.4 Å². The lowest BCUT2D eigenvalue weighted by Crippen LogP contribution is -2.60. The Kier molecular flexibility index (Phi) is 4.93. The van der Waals surface area contributed by atoms with Gasteiger partial charge in [0, 0.05) is 46.4 Å². The second-order valence-electron chi connectivity index (χ2n) is 7.64. The van der Waals surface area contributed by atoms with Crippen molar-refractivity contribution in [2.75, 3.05) is 13.1 Å². The van der Waals surface area contributed by atoms with Gasteiger partial charge >= 0.3 is 0 Å². The SMILES string of the molecule is N#CN1CC2CC[C@]2(NC(=O)c2ncc(-c3cnccc3Sc3ccccc3)s2)C1. The summed E-state index contributed by atoms with van der Waals surface area (Å²) in [6.07, 6.45) is 9.53. The van der Waals surface area contributed by atoms with Crippen LogP contribution in [0.1, 0.15) is 22.6 Å². The van der Waals surface area contributed by atoms with Gasteiger partial charge in [-0.25, -0.2) is 4.98 Å². The molecule has 150 valence electrons. The van der Waals surface area contributed by atoms with Crippen molar-refractivity contribution in [3.8, 4) is 16.6 Å². The first kappa shape index (κ1) is 19.1. The number of aromatic nitrogens is 2. The molecule has 1 unspecified atom stereocenters. The normalized spacial score (nSPS) is 22.1. The molecule has 0 radical (unpaired) electrons. The molecule has 5 rings (SSSR count). The number of fused-ring (bicyclic) bond motifs is 1. The number of carbonyl (C=O) groups is 1. The van der Waals surface area contributed by atoms with Gasteiger partial charge in [-0.1, -0.05) is 30.0 Å². The zero-order valence-electron chi connectivity index (χ0n) is 16.1. The van der Waals surface area contributed by atoms with Crippen LogP contribution >= 0.6 is 23.1 Å². The van der Waals surface area contributed by atoms with Crippen molar-refractivity contribution in [1.82, 2.24) is 20.2 Å². The van der Waals surface area contributed by atoms with Gasteiger partial charge in [-0.2, -0.15) is 5.26 Å². The third-order valence-electron chi connectivity index (χ3n) is 5.86. The number of rotatable bonds is 5. The third kappa shape index (κ3) is 3.44. The molecule has 1 amide bonds. The highest BCUT2D eigenvalue weighted by Gasteiger charge is 2.54. The van der Waals surface area contributed by atoms with Crippen LogP contribution in [-0.2, 0) is 0 Å². The third-order valence-corrected chi connectivity index (χ3v) is 7.97. The fourth-order valence-corrected chi connectivity index (χ4v) is 6.03. The van der Waals surface area contributed by atoms with Crippen molar-refractivity contribution in [2.24, 2.45) is 5.92 Å². The second kappa shape index (κ2) is 7.74. The van der Waals surface area contributed by atoms with Gasteiger partial charge in [0.1, 0.15) is 0 Å². The predicted molar refractivity (Wildman–Crippen MR) is 116 cm³/mol. The number of nitrogens with zero attached hydrogens (tertiary/aromatic N) is 4. The molecule has 0 bridgehead atoms. The molecule has 0 spiro atoms. The molecule has 1 saturated heterocycles. The number of amides is 1. The summed E-state index contributed by atoms with van der Waals surface area (Å²) in [6, 6.07) is 12.2. The lowest BCUT2D eigenvalue weighted by Gasteiger charge is -2.44. The summed E-state index contributed by atoms with van der Waals surface area (Å²) in [7, 11) is 0. The highest BCUT2D eigenvalue weighted by Crippen LogP contribution is 2.44. The zero-order chi connectivity index (χ0) is 20.6. The van der Waals surface area contributed by atoms with Crippen molar-refractivity contribution in [3.05, 3.63) is 60.0 Å². The van der Waals surface area contributed by atoms with Gasteiger partial charge in [0.15, 0.2) is 11.2 Å². The van der Waals surface area contributed by atoms with E-state index in [1.807, 2.05) is 30.5 Å². The summed E-state index contributed by atoms with van der Waals surface area (Å²) in [5.74, 6) is 0.199. The Morgan fingerprint density at radius 1 is 1.30 bits per heavy atom. The van der Waals surface area contributed by atoms with Crippen LogP contribution in [0.3, 0.4) is 0 Å². The molecular weight excluding hydrogens is 414 g/mol. The molecule has 30 heavy (non-hydrogen) atoms. The van der Waals surface area contributed by atoms with Crippen LogP contribution in [0, 0.1) is 17.4 Å². The maximum Gasteiger partial charge on any atom is 0.280 e. The van der Waals surface area contributed by atoms with E-state index in [-0.39, 0.29) is 11.4 Å². The first-order valence-corrected chi connectivity index (χ1v) is 11.4. The van der Waals surface area contributed by atoms with Crippen LogP contribution in [-0.4, -0.2) is 39.4 Å². The predicted octanol–water partition coefficient (Wildman–Crippen LogP) is 4.03. The number of hydrogen-bond acceptors (Lipinski definition) is 7. The van der Waals surface area contributed by atoms with Gasteiger partial charge in [-0.05, 0) is 31.0 Å². The summed E-state index contributed by atoms with van der Waals surface area (Å²) >= 11 is 3.04. The summed E-state index contributed by atoms with van der Waals surface area (Å²) in [6.45, 7) is 1.33. The summed E-state index contributed by atoms with van der Waals surface area (Å²) in [5.41, 5.74) is 0.695. The highest BCUT2D eigenvalue weighted by atomic mass is 32.2. The molecule has 1 aliphatic heterocycles. The number of nitriles is 1. The minimum Gasteiger partial charge on any atom is -0.342 e. The lowest BCUT2D eigenvalue weighted by atomic mass is 9.69. The van der Waals surface area contributed by atoms with Crippen LogP contribution in [0.4, 0.5) is 0 Å². The fraction of sp³-hybridized carbons (Fsp3) is 0.273. The Balaban J connectivity index is 1.35. The van der Waals surface area contributed by atoms with Gasteiger partial charge < -0.3 is 10.2 Å². The van der Waals surface area contributed by atoms with E-state index in [2.05, 4.69) is 33.6 Å². The summed E-state index contributed by atoms with van der Waals surface area (Å²) in [5, 5.41) is 12.8. The van der Waals surface area contributed by atoms with Crippen molar-refractivity contribution in [2.45, 2.75) is 28.2 Å². The number of likely N-dealkylation sites (tertiary alicyclic amines) is 1. The van der Waals surface area contributed by atoms with Crippen molar-refractivity contribution < 1.29 is 4.79 Å². The van der Waals surface area contributed by atoms with Gasteiger partial charge in [-0.3, -0.25) is 9.78 Å². The largest absolute Gasteiger partial charge is 0.342 e. The number of pyridine rings is 1. The van der Waals surface area contributed by atoms with E-state index in [0.717, 1.165) is 39.6 Å². The molecular formula is C22H19N5OS2. The van der Waals surface area contributed by atoms with Crippen molar-refractivity contribution in [1.29, 1.82) is 5.26 Å². The van der Waals surface area contributed by atoms with E-state index >= 15 is 0 Å². The van der Waals surface area contributed by atoms with Crippen LogP contribution in [0.15, 0.2) is 64.8 Å². The quantitative estimate of drug-likeness (QED) is 0.612. The van der Waals surface area contributed by atoms with E-state index in [1.165, 1.54) is 11.3 Å². The number of nitrogens with one attached hydrogen (secondary N) is 1. The number of hydrogen-bond donors (Lipinski definition) is 1. The molecule has 2 atom stereocenters. The Morgan fingerprint density at radius 2 is 2.17 bits per heavy atom. The van der Waals surface area contributed by atoms with E-state index in [9.17, 15) is 10.1 Å². The lowest BCUT2D eigenvalue weighted by molar-refractivity contribution is 0.0762. The van der Waals surface area contributed by atoms with Gasteiger partial charge in [0.25, 0.3) is 5.91 Å². The molecule has 1 saturated carbocycles. The standard InChI is InChI=1S/C22H19N5OS2/c23-14-27-12-15-6-8-22(15,13-27)26-20(28)21-25-11-19(30-21)17-10-24-9-7-18(17)29-16-4-2-1-3-5-16/h1-5,7,9-11,15H,6,8,12-13H2,(H,26,28)/t15?,22-/m0/s1. The highest BCUT2D eigenvalue weighted by molar-refractivity contribution is 7.99. The molecule has 1 aliphatic carbocycles. The first-order chi connectivity index (χ1) is 14.7. The van der Waals surface area contributed by atoms with E-state index < -0.39 is 0 Å². The molecule has 3 aromatic rings. The van der Waals surface area contributed by atoms with E-state index in [0.29, 0.717) is 17.5 Å². The molecule has 2 fully saturated rings. The number of thiazole rings is 1. The van der Waals surface area contributed by atoms with Crippen LogP contribution < -0.4 is 5.32 Å². The molecule has 3 heterocycles. The Morgan fingerprint density at radius 3 is 2.93 bits per heavy atom. The number of carbonyl (C=O) groups excluding carboxylic acids is 1. The van der Waals surface area contributed by atoms with Gasteiger partial charge in [0.2, 0.25) is 0 Å². The second-order valence-corrected chi connectivity index (χ2v) is 9.79. The topological polar surface area (TPSA) is 81.9 Å². The molecule has 6 nitrogen and oxygen atoms in total. The van der Waals surface area contributed by atoms with E-state index in [4.69, 9.17) is 0 Å². The van der Waals surface area contributed by atoms with Crippen LogP contribution in [0.2, 0.25) is 0 Å². The molecule has 2 aromatic heterocycles. The average molecular weight is 434 g/mol. The number of benzene rings is 1. The monoisotopic (exact) mass is 433 g/mol. The van der Waals surface area contributed by atoms with Crippen molar-refractivity contribution >= 4 is 29.0 Å². The molecule has 1 aromatic carbocycles. The zero-order valence-corrected chi connectivity index (χ0v) is 17.7. The molecule has 1 N–H and O–H groups in total. The Labute approximate surface area is 183 Å². The minimum atomic E-state index is -0.277. The molecule has 8 heteroatoms. The first-order valence-electron chi connectivity index (χ1n) is 9.77. The Hall–Kier alpha value is -2.89. The van der Waals surface area contributed by atoms with Crippen molar-refractivity contribution in [3.63, 3.8) is 0 Å². The van der Waals surface area contributed by atoms with Gasteiger partial charge in [-0.15, -0.1) is 11.3 Å². The smallest absolute Gasteiger partial charge is 0.280 e.